The minimum atomic E-state index is -1.57. The molecule has 0 aromatic carbocycles. The first-order valence-electron chi connectivity index (χ1n) is 6.47. The Morgan fingerprint density at radius 3 is 0.552 bits per heavy atom. The fourth-order valence-corrected chi connectivity index (χ4v) is 1.43. The molecule has 0 fully saturated rings. The van der Waals surface area contributed by atoms with Crippen LogP contribution in [0.5, 0.6) is 0 Å². The van der Waals surface area contributed by atoms with Crippen LogP contribution in [0.4, 0.5) is 0 Å². The molecule has 29 heavy (non-hydrogen) atoms. The van der Waals surface area contributed by atoms with Crippen LogP contribution >= 0.6 is 0 Å². The van der Waals surface area contributed by atoms with Crippen molar-refractivity contribution >= 4 is 35.8 Å². The van der Waals surface area contributed by atoms with Gasteiger partial charge in [-0.25, -0.2) is 0 Å². The molecule has 0 unspecified atom stereocenters. The van der Waals surface area contributed by atoms with E-state index >= 15 is 0 Å². The summed E-state index contributed by atoms with van der Waals surface area (Å²) in [6.07, 6.45) is 0. The standard InChI is InChI=1S/2C6H9NO6.3Zn/c2*8-4(9)1-7(2-5(10)11)3-6(12)13;;;/h2*1-3H2,(H,8,9)(H,10,11)(H,12,13);;;/q;;3*+2/p-6. The first-order chi connectivity index (χ1) is 11.8. The number of aliphatic carboxylic acids is 6. The molecule has 0 atom stereocenters. The zero-order chi connectivity index (χ0) is 20.9. The van der Waals surface area contributed by atoms with E-state index in [-0.39, 0.29) is 58.4 Å². The van der Waals surface area contributed by atoms with E-state index < -0.39 is 75.1 Å². The van der Waals surface area contributed by atoms with Crippen LogP contribution in [0.15, 0.2) is 0 Å². The Balaban J connectivity index is -0.000000120. The second-order valence-electron chi connectivity index (χ2n) is 4.52. The van der Waals surface area contributed by atoms with Gasteiger partial charge in [-0.2, -0.15) is 0 Å². The molecule has 0 rings (SSSR count). The monoisotopic (exact) mass is 568 g/mol. The molecule has 0 amide bonds. The van der Waals surface area contributed by atoms with E-state index in [1.807, 2.05) is 0 Å². The molecule has 0 saturated carbocycles. The number of carboxylic acid groups (broad SMARTS) is 6. The van der Waals surface area contributed by atoms with Crippen molar-refractivity contribution in [2.45, 2.75) is 0 Å². The molecule has 17 heteroatoms. The minimum absolute atomic E-state index is 0. The average molecular weight is 572 g/mol. The Morgan fingerprint density at radius 2 is 0.483 bits per heavy atom. The van der Waals surface area contributed by atoms with Crippen molar-refractivity contribution in [2.24, 2.45) is 0 Å². The zero-order valence-corrected chi connectivity index (χ0v) is 24.1. The van der Waals surface area contributed by atoms with Gasteiger partial charge in [0.25, 0.3) is 0 Å². The Bertz CT molecular complexity index is 436. The Kier molecular flexibility index (Phi) is 28.1. The Morgan fingerprint density at radius 1 is 0.379 bits per heavy atom. The molecular formula is C12H12N2O12Zn3. The summed E-state index contributed by atoms with van der Waals surface area (Å²) >= 11 is 0. The number of carbonyl (C=O) groups excluding carboxylic acids is 6. The first-order valence-corrected chi connectivity index (χ1v) is 6.47. The molecule has 0 aliphatic rings. The predicted octanol–water partition coefficient (Wildman–Crippen LogP) is -10.9. The molecule has 0 heterocycles. The third-order valence-corrected chi connectivity index (χ3v) is 2.12. The number of hydrogen-bond donors (Lipinski definition) is 0. The molecule has 0 saturated heterocycles. The van der Waals surface area contributed by atoms with Crippen LogP contribution in [-0.2, 0) is 87.2 Å². The molecule has 0 radical (unpaired) electrons. The van der Waals surface area contributed by atoms with Gasteiger partial charge in [0.2, 0.25) is 0 Å². The van der Waals surface area contributed by atoms with Crippen LogP contribution in [0.3, 0.4) is 0 Å². The molecule has 0 N–H and O–H groups in total. The van der Waals surface area contributed by atoms with Crippen LogP contribution in [0.2, 0.25) is 0 Å². The second kappa shape index (κ2) is 21.3. The fraction of sp³-hybridized carbons (Fsp3) is 0.500. The van der Waals surface area contributed by atoms with Gasteiger partial charge in [0.1, 0.15) is 0 Å². The van der Waals surface area contributed by atoms with Gasteiger partial charge >= 0.3 is 58.4 Å². The van der Waals surface area contributed by atoms with E-state index in [0.29, 0.717) is 9.80 Å². The maximum absolute atomic E-state index is 9.99. The van der Waals surface area contributed by atoms with Gasteiger partial charge in [0.15, 0.2) is 0 Å². The molecule has 0 aromatic heterocycles. The topological polar surface area (TPSA) is 247 Å². The van der Waals surface area contributed by atoms with Crippen molar-refractivity contribution < 1.29 is 118 Å². The summed E-state index contributed by atoms with van der Waals surface area (Å²) < 4.78 is 0. The number of rotatable bonds is 12. The van der Waals surface area contributed by atoms with Crippen LogP contribution < -0.4 is 30.6 Å². The maximum atomic E-state index is 9.99. The predicted molar refractivity (Wildman–Crippen MR) is 62.9 cm³/mol. The molecule has 14 nitrogen and oxygen atoms in total. The smallest absolute Gasteiger partial charge is 0.549 e. The molecular weight excluding hydrogens is 560 g/mol. The number of hydrogen-bond acceptors (Lipinski definition) is 14. The summed E-state index contributed by atoms with van der Waals surface area (Å²) in [6, 6.07) is 0. The van der Waals surface area contributed by atoms with Gasteiger partial charge in [-0.05, 0) is 0 Å². The van der Waals surface area contributed by atoms with Gasteiger partial charge in [-0.15, -0.1) is 0 Å². The Labute approximate surface area is 202 Å². The minimum Gasteiger partial charge on any atom is -0.549 e. The third-order valence-electron chi connectivity index (χ3n) is 2.12. The van der Waals surface area contributed by atoms with Crippen LogP contribution in [0, 0.1) is 0 Å². The van der Waals surface area contributed by atoms with Crippen molar-refractivity contribution in [1.82, 2.24) is 9.80 Å². The SMILES string of the molecule is O=C([O-])CN(CC(=O)[O-])CC(=O)[O-].O=C([O-])CN(CC(=O)[O-])CC(=O)[O-].[Zn+2].[Zn+2].[Zn+2]. The van der Waals surface area contributed by atoms with E-state index in [9.17, 15) is 59.4 Å². The van der Waals surface area contributed by atoms with Crippen molar-refractivity contribution in [2.75, 3.05) is 39.3 Å². The van der Waals surface area contributed by atoms with E-state index in [4.69, 9.17) is 0 Å². The first kappa shape index (κ1) is 38.2. The van der Waals surface area contributed by atoms with Crippen LogP contribution in [-0.4, -0.2) is 84.9 Å². The van der Waals surface area contributed by atoms with Crippen molar-refractivity contribution in [3.8, 4) is 0 Å². The van der Waals surface area contributed by atoms with Crippen molar-refractivity contribution in [3.63, 3.8) is 0 Å². The Hall–Kier alpha value is -1.39. The second-order valence-corrected chi connectivity index (χ2v) is 4.52. The summed E-state index contributed by atoms with van der Waals surface area (Å²) in [7, 11) is 0. The van der Waals surface area contributed by atoms with Crippen LogP contribution in [0.1, 0.15) is 0 Å². The maximum Gasteiger partial charge on any atom is 2.00 e. The molecule has 0 aliphatic heterocycles. The van der Waals surface area contributed by atoms with Crippen molar-refractivity contribution in [1.29, 1.82) is 0 Å². The summed E-state index contributed by atoms with van der Waals surface area (Å²) in [6.45, 7) is -4.74. The van der Waals surface area contributed by atoms with Gasteiger partial charge < -0.3 is 59.4 Å². The summed E-state index contributed by atoms with van der Waals surface area (Å²) in [5.74, 6) is -9.40. The molecule has 148 valence electrons. The normalized spacial score (nSPS) is 8.90. The summed E-state index contributed by atoms with van der Waals surface area (Å²) in [4.78, 5) is 61.2. The quantitative estimate of drug-likeness (QED) is 0.197. The molecule has 0 spiro atoms. The largest absolute Gasteiger partial charge is 2.00 e. The zero-order valence-electron chi connectivity index (χ0n) is 15.2. The fourth-order valence-electron chi connectivity index (χ4n) is 1.43. The van der Waals surface area contributed by atoms with E-state index in [1.165, 1.54) is 0 Å². The molecule has 0 bridgehead atoms. The van der Waals surface area contributed by atoms with Gasteiger partial charge in [-0.1, -0.05) is 0 Å². The number of carboxylic acids is 6. The van der Waals surface area contributed by atoms with Gasteiger partial charge in [0.05, 0.1) is 35.8 Å². The molecule has 0 aromatic rings. The summed E-state index contributed by atoms with van der Waals surface area (Å²) in [5.41, 5.74) is 0. The third kappa shape index (κ3) is 31.5. The van der Waals surface area contributed by atoms with E-state index in [0.717, 1.165) is 0 Å². The van der Waals surface area contributed by atoms with E-state index in [2.05, 4.69) is 0 Å². The van der Waals surface area contributed by atoms with Gasteiger partial charge in [-0.3, -0.25) is 9.80 Å². The number of nitrogens with zero attached hydrogens (tertiary/aromatic N) is 2. The molecule has 0 aliphatic carbocycles. The van der Waals surface area contributed by atoms with E-state index in [1.54, 1.807) is 0 Å². The van der Waals surface area contributed by atoms with Crippen LogP contribution in [0.25, 0.3) is 0 Å². The van der Waals surface area contributed by atoms with Crippen molar-refractivity contribution in [3.05, 3.63) is 0 Å². The summed E-state index contributed by atoms with van der Waals surface area (Å²) in [5, 5.41) is 60.0. The van der Waals surface area contributed by atoms with Gasteiger partial charge in [0, 0.05) is 39.3 Å². The average Bonchev–Trinajstić information content (AvgIpc) is 2.33. The number of carbonyl (C=O) groups is 6.